The number of methoxy groups -OCH3 is 1. The van der Waals surface area contributed by atoms with Gasteiger partial charge in [-0.25, -0.2) is 9.98 Å². The van der Waals surface area contributed by atoms with Crippen molar-refractivity contribution < 1.29 is 4.74 Å². The number of aromatic nitrogens is 1. The number of hydrogen-bond acceptors (Lipinski definition) is 5. The van der Waals surface area contributed by atoms with Crippen LogP contribution in [-0.2, 0) is 6.54 Å². The van der Waals surface area contributed by atoms with Crippen LogP contribution in [0.5, 0.6) is 5.75 Å². The summed E-state index contributed by atoms with van der Waals surface area (Å²) in [4.78, 5) is 13.8. The van der Waals surface area contributed by atoms with Gasteiger partial charge in [0.15, 0.2) is 5.96 Å². The molecule has 7 heteroatoms. The molecular formula is C20H28N6O. The molecule has 0 amide bonds. The molecule has 7 nitrogen and oxygen atoms in total. The highest BCUT2D eigenvalue weighted by Crippen LogP contribution is 2.22. The summed E-state index contributed by atoms with van der Waals surface area (Å²) in [5, 5.41) is 3.09. The normalized spacial score (nSPS) is 15.6. The van der Waals surface area contributed by atoms with Gasteiger partial charge in [-0.3, -0.25) is 0 Å². The van der Waals surface area contributed by atoms with Crippen LogP contribution in [0.4, 0.5) is 11.5 Å². The van der Waals surface area contributed by atoms with E-state index in [9.17, 15) is 0 Å². The monoisotopic (exact) mass is 368 g/mol. The number of ether oxygens (including phenoxy) is 1. The number of benzene rings is 1. The average molecular weight is 368 g/mol. The molecule has 0 atom stereocenters. The lowest BCUT2D eigenvalue weighted by Gasteiger charge is -2.34. The van der Waals surface area contributed by atoms with E-state index in [1.807, 2.05) is 36.5 Å². The van der Waals surface area contributed by atoms with E-state index in [1.54, 1.807) is 7.11 Å². The van der Waals surface area contributed by atoms with Crippen molar-refractivity contribution in [1.29, 1.82) is 0 Å². The molecule has 0 saturated carbocycles. The SMILES string of the molecule is CCN1CCN(c2cc(CN=C(N)Nc3ccccc3OC)ccn2)CC1. The Morgan fingerprint density at radius 1 is 1.22 bits per heavy atom. The second-order valence-electron chi connectivity index (χ2n) is 6.47. The Labute approximate surface area is 160 Å². The van der Waals surface area contributed by atoms with Crippen molar-refractivity contribution in [3.05, 3.63) is 48.2 Å². The summed E-state index contributed by atoms with van der Waals surface area (Å²) in [6, 6.07) is 11.7. The zero-order valence-electron chi connectivity index (χ0n) is 16.1. The first-order valence-electron chi connectivity index (χ1n) is 9.31. The van der Waals surface area contributed by atoms with Crippen LogP contribution >= 0.6 is 0 Å². The van der Waals surface area contributed by atoms with Crippen molar-refractivity contribution >= 4 is 17.5 Å². The number of hydrogen-bond donors (Lipinski definition) is 2. The second-order valence-corrected chi connectivity index (χ2v) is 6.47. The molecule has 1 aromatic carbocycles. The standard InChI is InChI=1S/C20H28N6O/c1-3-25-10-12-26(13-11-25)19-14-16(8-9-22-19)15-23-20(21)24-17-6-4-5-7-18(17)27-2/h4-9,14H,3,10-13,15H2,1-2H3,(H3,21,23,24). The fraction of sp³-hybridized carbons (Fsp3) is 0.400. The van der Waals surface area contributed by atoms with Crippen LogP contribution in [0.2, 0.25) is 0 Å². The lowest BCUT2D eigenvalue weighted by Crippen LogP contribution is -2.46. The van der Waals surface area contributed by atoms with Crippen LogP contribution in [0.3, 0.4) is 0 Å². The third-order valence-electron chi connectivity index (χ3n) is 4.76. The predicted molar refractivity (Wildman–Crippen MR) is 111 cm³/mol. The van der Waals surface area contributed by atoms with E-state index < -0.39 is 0 Å². The fourth-order valence-electron chi connectivity index (χ4n) is 3.13. The van der Waals surface area contributed by atoms with E-state index in [1.165, 1.54) is 0 Å². The number of anilines is 2. The molecule has 0 bridgehead atoms. The zero-order valence-corrected chi connectivity index (χ0v) is 16.1. The van der Waals surface area contributed by atoms with Crippen LogP contribution in [0.25, 0.3) is 0 Å². The number of guanidine groups is 1. The molecule has 144 valence electrons. The zero-order chi connectivity index (χ0) is 19.1. The lowest BCUT2D eigenvalue weighted by atomic mass is 10.2. The molecular weight excluding hydrogens is 340 g/mol. The van der Waals surface area contributed by atoms with Crippen molar-refractivity contribution in [2.24, 2.45) is 10.7 Å². The molecule has 2 aromatic rings. The molecule has 3 N–H and O–H groups in total. The molecule has 0 unspecified atom stereocenters. The first kappa shape index (κ1) is 19.0. The first-order chi connectivity index (χ1) is 13.2. The fourth-order valence-corrected chi connectivity index (χ4v) is 3.13. The van der Waals surface area contributed by atoms with Gasteiger partial charge < -0.3 is 25.6 Å². The summed E-state index contributed by atoms with van der Waals surface area (Å²) < 4.78 is 5.32. The largest absolute Gasteiger partial charge is 0.495 e. The molecule has 27 heavy (non-hydrogen) atoms. The number of aliphatic imine (C=N–C) groups is 1. The van der Waals surface area contributed by atoms with Crippen molar-refractivity contribution in [3.63, 3.8) is 0 Å². The summed E-state index contributed by atoms with van der Waals surface area (Å²) in [5.41, 5.74) is 7.92. The van der Waals surface area contributed by atoms with E-state index in [-0.39, 0.29) is 0 Å². The Kier molecular flexibility index (Phi) is 6.49. The smallest absolute Gasteiger partial charge is 0.193 e. The van der Waals surface area contributed by atoms with Crippen molar-refractivity contribution in [3.8, 4) is 5.75 Å². The summed E-state index contributed by atoms with van der Waals surface area (Å²) in [7, 11) is 1.63. The Morgan fingerprint density at radius 2 is 2.00 bits per heavy atom. The molecule has 1 saturated heterocycles. The third-order valence-corrected chi connectivity index (χ3v) is 4.76. The molecule has 3 rings (SSSR count). The second kappa shape index (κ2) is 9.23. The highest BCUT2D eigenvalue weighted by Gasteiger charge is 2.16. The van der Waals surface area contributed by atoms with Gasteiger partial charge >= 0.3 is 0 Å². The number of rotatable bonds is 6. The maximum Gasteiger partial charge on any atom is 0.193 e. The van der Waals surface area contributed by atoms with Crippen LogP contribution in [-0.4, -0.2) is 55.7 Å². The van der Waals surface area contributed by atoms with E-state index in [2.05, 4.69) is 38.1 Å². The average Bonchev–Trinajstić information content (AvgIpc) is 2.73. The van der Waals surface area contributed by atoms with Crippen molar-refractivity contribution in [2.75, 3.05) is 50.1 Å². The maximum absolute atomic E-state index is 6.04. The highest BCUT2D eigenvalue weighted by atomic mass is 16.5. The van der Waals surface area contributed by atoms with E-state index in [4.69, 9.17) is 10.5 Å². The molecule has 0 aliphatic carbocycles. The Bertz CT molecular complexity index is 771. The minimum atomic E-state index is 0.356. The van der Waals surface area contributed by atoms with Crippen LogP contribution < -0.4 is 20.7 Å². The number of nitrogens with zero attached hydrogens (tertiary/aromatic N) is 4. The number of pyridine rings is 1. The highest BCUT2D eigenvalue weighted by molar-refractivity contribution is 5.93. The van der Waals surface area contributed by atoms with Crippen LogP contribution in [0.15, 0.2) is 47.6 Å². The van der Waals surface area contributed by atoms with Crippen molar-refractivity contribution in [1.82, 2.24) is 9.88 Å². The van der Waals surface area contributed by atoms with E-state index in [0.717, 1.165) is 55.5 Å². The number of para-hydroxylation sites is 2. The van der Waals surface area contributed by atoms with Crippen LogP contribution in [0.1, 0.15) is 12.5 Å². The summed E-state index contributed by atoms with van der Waals surface area (Å²) in [5.74, 6) is 2.09. The lowest BCUT2D eigenvalue weighted by molar-refractivity contribution is 0.270. The third kappa shape index (κ3) is 5.10. The van der Waals surface area contributed by atoms with Gasteiger partial charge in [-0.05, 0) is 36.4 Å². The minimum absolute atomic E-state index is 0.356. The molecule has 0 radical (unpaired) electrons. The Hall–Kier alpha value is -2.80. The Morgan fingerprint density at radius 3 is 2.74 bits per heavy atom. The van der Waals surface area contributed by atoms with E-state index in [0.29, 0.717) is 12.5 Å². The molecule has 1 aliphatic heterocycles. The van der Waals surface area contributed by atoms with Crippen molar-refractivity contribution in [2.45, 2.75) is 13.5 Å². The van der Waals surface area contributed by atoms with Gasteiger partial charge in [-0.1, -0.05) is 19.1 Å². The molecule has 1 aliphatic rings. The summed E-state index contributed by atoms with van der Waals surface area (Å²) >= 11 is 0. The molecule has 1 aromatic heterocycles. The number of nitrogens with two attached hydrogens (primary N) is 1. The summed E-state index contributed by atoms with van der Waals surface area (Å²) in [6.07, 6.45) is 1.84. The predicted octanol–water partition coefficient (Wildman–Crippen LogP) is 2.16. The number of nitrogens with one attached hydrogen (secondary N) is 1. The molecule has 1 fully saturated rings. The van der Waals surface area contributed by atoms with Gasteiger partial charge in [-0.15, -0.1) is 0 Å². The molecule has 2 heterocycles. The first-order valence-corrected chi connectivity index (χ1v) is 9.31. The maximum atomic E-state index is 6.04. The van der Waals surface area contributed by atoms with Gasteiger partial charge in [0.25, 0.3) is 0 Å². The van der Waals surface area contributed by atoms with Gasteiger partial charge in [0, 0.05) is 32.4 Å². The number of likely N-dealkylation sites (N-methyl/N-ethyl adjacent to an activating group) is 1. The molecule has 0 spiro atoms. The van der Waals surface area contributed by atoms with Gasteiger partial charge in [0.1, 0.15) is 11.6 Å². The number of piperazine rings is 1. The van der Waals surface area contributed by atoms with E-state index >= 15 is 0 Å². The summed E-state index contributed by atoms with van der Waals surface area (Å²) in [6.45, 7) is 7.98. The van der Waals surface area contributed by atoms with Gasteiger partial charge in [-0.2, -0.15) is 0 Å². The van der Waals surface area contributed by atoms with Gasteiger partial charge in [0.2, 0.25) is 0 Å². The van der Waals surface area contributed by atoms with Gasteiger partial charge in [0.05, 0.1) is 19.3 Å². The minimum Gasteiger partial charge on any atom is -0.495 e. The Balaban J connectivity index is 1.61. The topological polar surface area (TPSA) is 79.0 Å². The van der Waals surface area contributed by atoms with Crippen LogP contribution in [0, 0.1) is 0 Å². The quantitative estimate of drug-likeness (QED) is 0.601.